The van der Waals surface area contributed by atoms with Crippen molar-refractivity contribution in [3.63, 3.8) is 0 Å². The van der Waals surface area contributed by atoms with Crippen LogP contribution >= 0.6 is 0 Å². The van der Waals surface area contributed by atoms with E-state index in [2.05, 4.69) is 0 Å². The van der Waals surface area contributed by atoms with Crippen molar-refractivity contribution in [2.45, 2.75) is 19.0 Å². The van der Waals surface area contributed by atoms with Crippen LogP contribution < -0.4 is 0 Å². The van der Waals surface area contributed by atoms with E-state index in [-0.39, 0.29) is 6.08 Å². The average molecular weight is 211 g/mol. The van der Waals surface area contributed by atoms with E-state index in [0.717, 1.165) is 0 Å². The van der Waals surface area contributed by atoms with Gasteiger partial charge in [-0.3, -0.25) is 10.1 Å². The predicted octanol–water partition coefficient (Wildman–Crippen LogP) is 2.73. The summed E-state index contributed by atoms with van der Waals surface area (Å²) < 4.78 is 48.9. The van der Waals surface area contributed by atoms with Crippen LogP contribution in [-0.4, -0.2) is 11.1 Å². The summed E-state index contributed by atoms with van der Waals surface area (Å²) in [5.74, 6) is -1.11. The van der Waals surface area contributed by atoms with Gasteiger partial charge in [0.2, 0.25) is 0 Å². The van der Waals surface area contributed by atoms with Gasteiger partial charge in [0.05, 0.1) is 4.92 Å². The van der Waals surface area contributed by atoms with E-state index >= 15 is 0 Å². The number of hydrogen-bond donors (Lipinski definition) is 0. The van der Waals surface area contributed by atoms with Crippen LogP contribution in [0.2, 0.25) is 0 Å². The highest BCUT2D eigenvalue weighted by Gasteiger charge is 2.37. The van der Waals surface area contributed by atoms with Crippen LogP contribution in [0.5, 0.6) is 0 Å². The van der Waals surface area contributed by atoms with Gasteiger partial charge in [0.15, 0.2) is 5.83 Å². The van der Waals surface area contributed by atoms with Crippen LogP contribution in [-0.2, 0) is 0 Å². The molecule has 0 amide bonds. The fourth-order valence-corrected chi connectivity index (χ4v) is 1.06. The number of allylic oxidation sites excluding steroid dienone is 3. The van der Waals surface area contributed by atoms with Crippen molar-refractivity contribution in [2.24, 2.45) is 0 Å². The highest BCUT2D eigenvalue weighted by molar-refractivity contribution is 5.28. The maximum absolute atomic E-state index is 12.7. The molecule has 0 saturated carbocycles. The maximum atomic E-state index is 12.7. The molecule has 7 heteroatoms. The molecule has 0 atom stereocenters. The van der Waals surface area contributed by atoms with E-state index < -0.39 is 41.0 Å². The molecule has 0 aromatic rings. The minimum Gasteiger partial charge on any atom is -0.258 e. The first-order chi connectivity index (χ1) is 6.32. The van der Waals surface area contributed by atoms with Crippen molar-refractivity contribution in [1.82, 2.24) is 0 Å². The molecule has 0 spiro atoms. The molecular formula is C7H5F4NO2. The van der Waals surface area contributed by atoms with Gasteiger partial charge in [-0.05, 0) is 6.42 Å². The zero-order valence-corrected chi connectivity index (χ0v) is 6.77. The first-order valence-electron chi connectivity index (χ1n) is 3.63. The summed E-state index contributed by atoms with van der Waals surface area (Å²) in [5.41, 5.74) is -2.16. The van der Waals surface area contributed by atoms with Crippen LogP contribution in [0.15, 0.2) is 23.2 Å². The van der Waals surface area contributed by atoms with E-state index in [1.165, 1.54) is 0 Å². The molecule has 0 saturated heterocycles. The fraction of sp³-hybridized carbons (Fsp3) is 0.429. The van der Waals surface area contributed by atoms with Crippen molar-refractivity contribution in [1.29, 1.82) is 0 Å². The molecule has 0 radical (unpaired) electrons. The highest BCUT2D eigenvalue weighted by Crippen LogP contribution is 2.35. The number of halogens is 4. The van der Waals surface area contributed by atoms with E-state index in [0.29, 0.717) is 0 Å². The molecule has 1 rings (SSSR count). The summed E-state index contributed by atoms with van der Waals surface area (Å²) >= 11 is 0. The number of nitro groups is 1. The molecule has 0 fully saturated rings. The van der Waals surface area contributed by atoms with Gasteiger partial charge in [-0.25, -0.2) is 4.39 Å². The third-order valence-electron chi connectivity index (χ3n) is 1.76. The van der Waals surface area contributed by atoms with Crippen molar-refractivity contribution in [2.75, 3.05) is 0 Å². The average Bonchev–Trinajstić information content (AvgIpc) is 2.02. The van der Waals surface area contributed by atoms with Gasteiger partial charge in [-0.1, -0.05) is 0 Å². The lowest BCUT2D eigenvalue weighted by Crippen LogP contribution is -2.16. The molecule has 0 aliphatic heterocycles. The van der Waals surface area contributed by atoms with Crippen molar-refractivity contribution >= 4 is 0 Å². The molecule has 0 aromatic heterocycles. The second-order valence-electron chi connectivity index (χ2n) is 2.71. The highest BCUT2D eigenvalue weighted by atomic mass is 19.4. The lowest BCUT2D eigenvalue weighted by molar-refractivity contribution is -0.422. The Hall–Kier alpha value is -1.40. The summed E-state index contributed by atoms with van der Waals surface area (Å²) in [5, 5.41) is 10.1. The summed E-state index contributed by atoms with van der Waals surface area (Å²) in [4.78, 5) is 8.98. The number of nitrogens with zero attached hydrogens (tertiary/aromatic N) is 1. The number of rotatable bonds is 1. The Balaban J connectivity index is 3.07. The monoisotopic (exact) mass is 211 g/mol. The Morgan fingerprint density at radius 2 is 1.93 bits per heavy atom. The van der Waals surface area contributed by atoms with Gasteiger partial charge in [0.25, 0.3) is 0 Å². The molecule has 0 aromatic carbocycles. The van der Waals surface area contributed by atoms with Gasteiger partial charge in [-0.2, -0.15) is 13.2 Å². The maximum Gasteiger partial charge on any atom is 0.412 e. The molecule has 0 bridgehead atoms. The van der Waals surface area contributed by atoms with E-state index in [4.69, 9.17) is 0 Å². The van der Waals surface area contributed by atoms with Gasteiger partial charge in [-0.15, -0.1) is 0 Å². The standard InChI is InChI=1S/C7H5F4NO2/c8-5-2-1-4(7(9,10)11)3-6(5)12(13)14/h3H,1-2H2. The first kappa shape index (κ1) is 10.7. The van der Waals surface area contributed by atoms with Crippen LogP contribution in [0.4, 0.5) is 17.6 Å². The molecule has 14 heavy (non-hydrogen) atoms. The SMILES string of the molecule is O=[N+]([O-])C1=C(F)CCC(C(F)(F)F)=C1. The molecule has 3 nitrogen and oxygen atoms in total. The summed E-state index contributed by atoms with van der Waals surface area (Å²) in [6, 6.07) is 0. The lowest BCUT2D eigenvalue weighted by atomic mass is 10.0. The molecule has 1 aliphatic rings. The Labute approximate surface area is 75.9 Å². The Morgan fingerprint density at radius 3 is 2.36 bits per heavy atom. The smallest absolute Gasteiger partial charge is 0.258 e. The van der Waals surface area contributed by atoms with Crippen LogP contribution in [0, 0.1) is 10.1 Å². The molecule has 0 heterocycles. The number of alkyl halides is 3. The molecule has 1 aliphatic carbocycles. The zero-order valence-electron chi connectivity index (χ0n) is 6.77. The quantitative estimate of drug-likeness (QED) is 0.380. The van der Waals surface area contributed by atoms with E-state index in [1.54, 1.807) is 0 Å². The minimum absolute atomic E-state index is 0.249. The topological polar surface area (TPSA) is 43.1 Å². The third-order valence-corrected chi connectivity index (χ3v) is 1.76. The predicted molar refractivity (Wildman–Crippen MR) is 38.5 cm³/mol. The number of hydrogen-bond acceptors (Lipinski definition) is 2. The second kappa shape index (κ2) is 3.39. The zero-order chi connectivity index (χ0) is 10.9. The molecule has 78 valence electrons. The Kier molecular flexibility index (Phi) is 2.59. The molecular weight excluding hydrogens is 206 g/mol. The van der Waals surface area contributed by atoms with E-state index in [1.807, 2.05) is 0 Å². The van der Waals surface area contributed by atoms with Gasteiger partial charge < -0.3 is 0 Å². The Bertz CT molecular complexity index is 329. The lowest BCUT2D eigenvalue weighted by Gasteiger charge is -2.13. The largest absolute Gasteiger partial charge is 0.412 e. The summed E-state index contributed by atoms with van der Waals surface area (Å²) in [7, 11) is 0. The van der Waals surface area contributed by atoms with Gasteiger partial charge in [0, 0.05) is 18.1 Å². The summed E-state index contributed by atoms with van der Waals surface area (Å²) in [6.07, 6.45) is -5.49. The van der Waals surface area contributed by atoms with Crippen LogP contribution in [0.3, 0.4) is 0 Å². The fourth-order valence-electron chi connectivity index (χ4n) is 1.06. The van der Waals surface area contributed by atoms with Crippen LogP contribution in [0.1, 0.15) is 12.8 Å². The third kappa shape index (κ3) is 2.09. The summed E-state index contributed by atoms with van der Waals surface area (Å²) in [6.45, 7) is 0. The Morgan fingerprint density at radius 1 is 1.36 bits per heavy atom. The normalized spacial score (nSPS) is 18.1. The van der Waals surface area contributed by atoms with Crippen molar-refractivity contribution in [3.8, 4) is 0 Å². The molecule has 0 unspecified atom stereocenters. The first-order valence-corrected chi connectivity index (χ1v) is 3.63. The van der Waals surface area contributed by atoms with Crippen molar-refractivity contribution in [3.05, 3.63) is 33.3 Å². The molecule has 0 N–H and O–H groups in total. The van der Waals surface area contributed by atoms with E-state index in [9.17, 15) is 27.7 Å². The van der Waals surface area contributed by atoms with Crippen molar-refractivity contribution < 1.29 is 22.5 Å². The van der Waals surface area contributed by atoms with Gasteiger partial charge in [0.1, 0.15) is 0 Å². The minimum atomic E-state index is -4.62. The van der Waals surface area contributed by atoms with Crippen LogP contribution in [0.25, 0.3) is 0 Å². The van der Waals surface area contributed by atoms with Gasteiger partial charge >= 0.3 is 11.9 Å². The second-order valence-corrected chi connectivity index (χ2v) is 2.71.